The highest BCUT2D eigenvalue weighted by Crippen LogP contribution is 2.23. The van der Waals surface area contributed by atoms with Crippen LogP contribution in [-0.4, -0.2) is 27.0 Å². The van der Waals surface area contributed by atoms with Gasteiger partial charge in [0, 0.05) is 12.4 Å². The number of nitrogens with zero attached hydrogens (tertiary/aromatic N) is 2. The molecule has 0 aliphatic rings. The quantitative estimate of drug-likeness (QED) is 0.847. The smallest absolute Gasteiger partial charge is 0.338 e. The van der Waals surface area contributed by atoms with Crippen LogP contribution >= 0.6 is 11.6 Å². The molecule has 2 N–H and O–H groups in total. The van der Waals surface area contributed by atoms with Gasteiger partial charge in [0.2, 0.25) is 0 Å². The minimum Gasteiger partial charge on any atom is -0.478 e. The summed E-state index contributed by atoms with van der Waals surface area (Å²) in [6, 6.07) is 4.43. The van der Waals surface area contributed by atoms with Crippen molar-refractivity contribution in [3.63, 3.8) is 0 Å². The summed E-state index contributed by atoms with van der Waals surface area (Å²) in [5, 5.41) is 11.7. The van der Waals surface area contributed by atoms with Gasteiger partial charge in [-0.25, -0.2) is 9.78 Å². The van der Waals surface area contributed by atoms with E-state index in [9.17, 15) is 9.59 Å². The first-order valence-electron chi connectivity index (χ1n) is 5.61. The summed E-state index contributed by atoms with van der Waals surface area (Å²) in [4.78, 5) is 30.8. The van der Waals surface area contributed by atoms with Gasteiger partial charge in [-0.05, 0) is 30.7 Å². The number of nitrogens with one attached hydrogen (secondary N) is 1. The minimum absolute atomic E-state index is 0.131. The lowest BCUT2D eigenvalue weighted by Gasteiger charge is -2.10. The number of carboxylic acids is 1. The number of aryl methyl sites for hydroxylation is 1. The van der Waals surface area contributed by atoms with Crippen molar-refractivity contribution in [3.05, 3.63) is 52.6 Å². The van der Waals surface area contributed by atoms with E-state index in [1.807, 2.05) is 0 Å². The van der Waals surface area contributed by atoms with Crippen LogP contribution in [0.25, 0.3) is 0 Å². The number of anilines is 1. The lowest BCUT2D eigenvalue weighted by molar-refractivity contribution is 0.0691. The molecule has 0 saturated heterocycles. The van der Waals surface area contributed by atoms with Crippen molar-refractivity contribution in [2.45, 2.75) is 6.92 Å². The molecule has 2 rings (SSSR count). The molecule has 20 heavy (non-hydrogen) atoms. The van der Waals surface area contributed by atoms with Crippen molar-refractivity contribution >= 4 is 29.2 Å². The maximum atomic E-state index is 12.1. The summed E-state index contributed by atoms with van der Waals surface area (Å²) >= 11 is 5.90. The van der Waals surface area contributed by atoms with Gasteiger partial charge in [-0.15, -0.1) is 0 Å². The minimum atomic E-state index is -1.22. The number of pyridine rings is 2. The molecule has 0 saturated carbocycles. The number of hydrogen-bond acceptors (Lipinski definition) is 4. The maximum Gasteiger partial charge on any atom is 0.338 e. The number of amides is 1. The zero-order valence-corrected chi connectivity index (χ0v) is 11.2. The molecule has 1 amide bonds. The predicted molar refractivity (Wildman–Crippen MR) is 73.1 cm³/mol. The van der Waals surface area contributed by atoms with Crippen LogP contribution in [0, 0.1) is 6.92 Å². The van der Waals surface area contributed by atoms with E-state index < -0.39 is 11.9 Å². The van der Waals surface area contributed by atoms with E-state index in [0.717, 1.165) is 0 Å². The van der Waals surface area contributed by atoms with Crippen molar-refractivity contribution in [2.24, 2.45) is 0 Å². The van der Waals surface area contributed by atoms with Gasteiger partial charge in [-0.1, -0.05) is 11.6 Å². The number of aromatic nitrogens is 2. The van der Waals surface area contributed by atoms with E-state index >= 15 is 0 Å². The molecule has 0 fully saturated rings. The van der Waals surface area contributed by atoms with Crippen molar-refractivity contribution in [1.82, 2.24) is 9.97 Å². The fraction of sp³-hybridized carbons (Fsp3) is 0.0769. The molecule has 2 heterocycles. The topological polar surface area (TPSA) is 92.2 Å². The van der Waals surface area contributed by atoms with Crippen LogP contribution in [0.1, 0.15) is 26.4 Å². The largest absolute Gasteiger partial charge is 0.478 e. The maximum absolute atomic E-state index is 12.1. The Morgan fingerprint density at radius 1 is 1.25 bits per heavy atom. The van der Waals surface area contributed by atoms with Crippen LogP contribution in [0.2, 0.25) is 5.15 Å². The molecule has 0 aliphatic carbocycles. The summed E-state index contributed by atoms with van der Waals surface area (Å²) in [5.74, 6) is -1.88. The van der Waals surface area contributed by atoms with Crippen LogP contribution in [0.3, 0.4) is 0 Å². The number of halogens is 1. The fourth-order valence-electron chi connectivity index (χ4n) is 1.61. The molecule has 0 bridgehead atoms. The van der Waals surface area contributed by atoms with Gasteiger partial charge in [-0.3, -0.25) is 9.78 Å². The number of rotatable bonds is 3. The molecule has 7 heteroatoms. The lowest BCUT2D eigenvalue weighted by atomic mass is 10.1. The standard InChI is InChI=1S/C13H10ClN3O3/c1-7-4-6-16-11(14)9(7)17-12(18)10-8(13(19)20)3-2-5-15-10/h2-6H,1H3,(H,17,18)(H,19,20). The van der Waals surface area contributed by atoms with Gasteiger partial charge in [0.1, 0.15) is 5.69 Å². The molecule has 2 aromatic heterocycles. The number of carboxylic acid groups (broad SMARTS) is 1. The fourth-order valence-corrected chi connectivity index (χ4v) is 1.86. The van der Waals surface area contributed by atoms with E-state index in [2.05, 4.69) is 15.3 Å². The molecule has 6 nitrogen and oxygen atoms in total. The third-order valence-electron chi connectivity index (χ3n) is 2.60. The Morgan fingerprint density at radius 2 is 2.00 bits per heavy atom. The molecule has 2 aromatic rings. The Balaban J connectivity index is 2.36. The zero-order valence-electron chi connectivity index (χ0n) is 10.4. The summed E-state index contributed by atoms with van der Waals surface area (Å²) < 4.78 is 0. The Labute approximate surface area is 119 Å². The van der Waals surface area contributed by atoms with Crippen molar-refractivity contribution in [1.29, 1.82) is 0 Å². The molecule has 0 atom stereocenters. The van der Waals surface area contributed by atoms with Crippen LogP contribution in [0.5, 0.6) is 0 Å². The number of aromatic carboxylic acids is 1. The highest BCUT2D eigenvalue weighted by molar-refractivity contribution is 6.33. The van der Waals surface area contributed by atoms with E-state index in [1.165, 1.54) is 24.5 Å². The van der Waals surface area contributed by atoms with Crippen LogP contribution in [-0.2, 0) is 0 Å². The van der Waals surface area contributed by atoms with Crippen molar-refractivity contribution in [2.75, 3.05) is 5.32 Å². The van der Waals surface area contributed by atoms with Crippen LogP contribution in [0.15, 0.2) is 30.6 Å². The normalized spacial score (nSPS) is 10.1. The van der Waals surface area contributed by atoms with Crippen LogP contribution < -0.4 is 5.32 Å². The summed E-state index contributed by atoms with van der Waals surface area (Å²) in [6.07, 6.45) is 2.86. The van der Waals surface area contributed by atoms with Crippen LogP contribution in [0.4, 0.5) is 5.69 Å². The number of carbonyl (C=O) groups is 2. The first-order chi connectivity index (χ1) is 9.50. The van der Waals surface area contributed by atoms with Crippen molar-refractivity contribution < 1.29 is 14.7 Å². The Kier molecular flexibility index (Phi) is 3.95. The highest BCUT2D eigenvalue weighted by Gasteiger charge is 2.19. The highest BCUT2D eigenvalue weighted by atomic mass is 35.5. The number of carbonyl (C=O) groups excluding carboxylic acids is 1. The van der Waals surface area contributed by atoms with E-state index in [0.29, 0.717) is 11.3 Å². The molecule has 0 spiro atoms. The molecular weight excluding hydrogens is 282 g/mol. The molecule has 0 aliphatic heterocycles. The molecule has 102 valence electrons. The third-order valence-corrected chi connectivity index (χ3v) is 2.89. The average Bonchev–Trinajstić information content (AvgIpc) is 2.43. The average molecular weight is 292 g/mol. The monoisotopic (exact) mass is 291 g/mol. The Morgan fingerprint density at radius 3 is 2.65 bits per heavy atom. The second-order valence-corrected chi connectivity index (χ2v) is 4.31. The van der Waals surface area contributed by atoms with E-state index in [4.69, 9.17) is 16.7 Å². The van der Waals surface area contributed by atoms with Gasteiger partial charge >= 0.3 is 5.97 Å². The van der Waals surface area contributed by atoms with E-state index in [1.54, 1.807) is 13.0 Å². The molecule has 0 radical (unpaired) electrons. The second kappa shape index (κ2) is 5.66. The SMILES string of the molecule is Cc1ccnc(Cl)c1NC(=O)c1ncccc1C(=O)O. The van der Waals surface area contributed by atoms with Crippen molar-refractivity contribution in [3.8, 4) is 0 Å². The first kappa shape index (κ1) is 14.0. The van der Waals surface area contributed by atoms with E-state index in [-0.39, 0.29) is 16.4 Å². The lowest BCUT2D eigenvalue weighted by Crippen LogP contribution is -2.19. The molecule has 0 unspecified atom stereocenters. The Bertz CT molecular complexity index is 668. The summed E-state index contributed by atoms with van der Waals surface area (Å²) in [7, 11) is 0. The van der Waals surface area contributed by atoms with Gasteiger partial charge in [0.05, 0.1) is 11.3 Å². The zero-order chi connectivity index (χ0) is 14.7. The molecule has 0 aromatic carbocycles. The van der Waals surface area contributed by atoms with Gasteiger partial charge in [0.15, 0.2) is 5.15 Å². The third kappa shape index (κ3) is 2.75. The molecular formula is C13H10ClN3O3. The first-order valence-corrected chi connectivity index (χ1v) is 5.99. The summed E-state index contributed by atoms with van der Waals surface area (Å²) in [6.45, 7) is 1.75. The Hall–Kier alpha value is -2.47. The second-order valence-electron chi connectivity index (χ2n) is 3.95. The number of hydrogen-bond donors (Lipinski definition) is 2. The summed E-state index contributed by atoms with van der Waals surface area (Å²) in [5.41, 5.74) is 0.689. The van der Waals surface area contributed by atoms with Gasteiger partial charge in [-0.2, -0.15) is 0 Å². The van der Waals surface area contributed by atoms with Gasteiger partial charge in [0.25, 0.3) is 5.91 Å². The van der Waals surface area contributed by atoms with Gasteiger partial charge < -0.3 is 10.4 Å². The predicted octanol–water partition coefficient (Wildman–Crippen LogP) is 2.39.